The first-order chi connectivity index (χ1) is 11.3. The van der Waals surface area contributed by atoms with E-state index in [0.29, 0.717) is 0 Å². The fraction of sp³-hybridized carbons (Fsp3) is 0.0476. The second-order valence-electron chi connectivity index (χ2n) is 6.04. The maximum atomic E-state index is 6.32. The molecule has 0 fully saturated rings. The molecule has 0 saturated heterocycles. The van der Waals surface area contributed by atoms with Crippen LogP contribution in [-0.4, -0.2) is 4.57 Å². The van der Waals surface area contributed by atoms with Gasteiger partial charge in [0.2, 0.25) is 0 Å². The monoisotopic (exact) mass is 315 g/mol. The zero-order chi connectivity index (χ0) is 15.6. The summed E-state index contributed by atoms with van der Waals surface area (Å²) in [5, 5.41) is 8.40. The molecule has 1 aromatic heterocycles. The summed E-state index contributed by atoms with van der Waals surface area (Å²) in [6, 6.07) is 23.4. The Labute approximate surface area is 138 Å². The molecule has 23 heavy (non-hydrogen) atoms. The van der Waals surface area contributed by atoms with E-state index in [9.17, 15) is 0 Å². The average Bonchev–Trinajstić information content (AvgIpc) is 2.89. The van der Waals surface area contributed by atoms with E-state index in [1.54, 1.807) is 0 Å². The van der Waals surface area contributed by atoms with Crippen LogP contribution in [0.1, 0.15) is 0 Å². The molecule has 110 valence electrons. The molecule has 5 aromatic rings. The maximum Gasteiger partial charge on any atom is 0.0574 e. The Bertz CT molecular complexity index is 1230. The van der Waals surface area contributed by atoms with Gasteiger partial charge in [0.1, 0.15) is 0 Å². The second-order valence-corrected chi connectivity index (χ2v) is 6.47. The summed E-state index contributed by atoms with van der Waals surface area (Å²) in [4.78, 5) is 0. The van der Waals surface area contributed by atoms with Crippen molar-refractivity contribution in [3.8, 4) is 0 Å². The minimum Gasteiger partial charge on any atom is -0.343 e. The molecule has 0 amide bonds. The molecule has 0 bridgehead atoms. The van der Waals surface area contributed by atoms with E-state index in [2.05, 4.69) is 72.3 Å². The summed E-state index contributed by atoms with van der Waals surface area (Å²) < 4.78 is 2.30. The molecule has 0 N–H and O–H groups in total. The predicted octanol–water partition coefficient (Wildman–Crippen LogP) is 6.29. The Balaban J connectivity index is 2.27. The van der Waals surface area contributed by atoms with Crippen LogP contribution in [0.4, 0.5) is 0 Å². The van der Waals surface area contributed by atoms with Gasteiger partial charge in [-0.3, -0.25) is 0 Å². The van der Waals surface area contributed by atoms with Crippen molar-refractivity contribution >= 4 is 55.0 Å². The lowest BCUT2D eigenvalue weighted by Crippen LogP contribution is -1.88. The highest BCUT2D eigenvalue weighted by Crippen LogP contribution is 2.40. The molecule has 0 atom stereocenters. The second kappa shape index (κ2) is 4.50. The molecule has 2 heteroatoms. The zero-order valence-electron chi connectivity index (χ0n) is 12.7. The van der Waals surface area contributed by atoms with E-state index in [-0.39, 0.29) is 0 Å². The summed E-state index contributed by atoms with van der Waals surface area (Å²) >= 11 is 6.32. The van der Waals surface area contributed by atoms with Crippen molar-refractivity contribution in [1.29, 1.82) is 0 Å². The summed E-state index contributed by atoms with van der Waals surface area (Å²) in [6.07, 6.45) is 0. The number of rotatable bonds is 0. The quantitative estimate of drug-likeness (QED) is 0.296. The fourth-order valence-electron chi connectivity index (χ4n) is 3.86. The molecule has 1 heterocycles. The smallest absolute Gasteiger partial charge is 0.0574 e. The largest absolute Gasteiger partial charge is 0.343 e. The topological polar surface area (TPSA) is 4.93 Å². The fourth-order valence-corrected chi connectivity index (χ4v) is 4.04. The summed E-state index contributed by atoms with van der Waals surface area (Å²) in [5.74, 6) is 0. The number of benzene rings is 4. The molecule has 0 spiro atoms. The molecule has 0 aliphatic carbocycles. The first-order valence-corrected chi connectivity index (χ1v) is 8.10. The summed E-state index contributed by atoms with van der Waals surface area (Å²) in [5.41, 5.74) is 2.52. The number of nitrogens with zero attached hydrogens (tertiary/aromatic N) is 1. The third-order valence-electron chi connectivity index (χ3n) is 4.83. The molecule has 0 aliphatic rings. The Morgan fingerprint density at radius 2 is 1.35 bits per heavy atom. The van der Waals surface area contributed by atoms with Gasteiger partial charge < -0.3 is 4.57 Å². The lowest BCUT2D eigenvalue weighted by Gasteiger charge is -2.09. The SMILES string of the molecule is Cn1c2ccccc2c2c3cc(Cl)ccc3c3ccccc3c21. The third kappa shape index (κ3) is 1.63. The highest BCUT2D eigenvalue weighted by molar-refractivity contribution is 6.35. The van der Waals surface area contributed by atoms with Gasteiger partial charge in [0.25, 0.3) is 0 Å². The van der Waals surface area contributed by atoms with E-state index in [1.165, 1.54) is 43.4 Å². The van der Waals surface area contributed by atoms with Crippen LogP contribution in [-0.2, 0) is 7.05 Å². The van der Waals surface area contributed by atoms with Crippen molar-refractivity contribution < 1.29 is 0 Å². The minimum atomic E-state index is 0.780. The molecule has 4 aromatic carbocycles. The summed E-state index contributed by atoms with van der Waals surface area (Å²) in [6.45, 7) is 0. The molecule has 1 nitrogen and oxygen atoms in total. The summed E-state index contributed by atoms with van der Waals surface area (Å²) in [7, 11) is 2.15. The van der Waals surface area contributed by atoms with Crippen molar-refractivity contribution in [1.82, 2.24) is 4.57 Å². The van der Waals surface area contributed by atoms with Crippen molar-refractivity contribution in [2.24, 2.45) is 7.05 Å². The molecular weight excluding hydrogens is 302 g/mol. The Morgan fingerprint density at radius 3 is 2.17 bits per heavy atom. The van der Waals surface area contributed by atoms with Gasteiger partial charge in [-0.15, -0.1) is 0 Å². The van der Waals surface area contributed by atoms with E-state index in [1.807, 2.05) is 6.07 Å². The lowest BCUT2D eigenvalue weighted by molar-refractivity contribution is 1.02. The zero-order valence-corrected chi connectivity index (χ0v) is 13.4. The van der Waals surface area contributed by atoms with Gasteiger partial charge in [-0.2, -0.15) is 0 Å². The van der Waals surface area contributed by atoms with Crippen LogP contribution in [0.5, 0.6) is 0 Å². The Hall–Kier alpha value is -2.51. The Kier molecular flexibility index (Phi) is 2.54. The van der Waals surface area contributed by atoms with E-state index in [4.69, 9.17) is 11.6 Å². The van der Waals surface area contributed by atoms with Gasteiger partial charge in [-0.05, 0) is 34.4 Å². The van der Waals surface area contributed by atoms with E-state index < -0.39 is 0 Å². The van der Waals surface area contributed by atoms with Gasteiger partial charge in [0.15, 0.2) is 0 Å². The average molecular weight is 316 g/mol. The predicted molar refractivity (Wildman–Crippen MR) is 100 cm³/mol. The Morgan fingerprint density at radius 1 is 0.696 bits per heavy atom. The molecule has 0 radical (unpaired) electrons. The number of halogens is 1. The van der Waals surface area contributed by atoms with Crippen LogP contribution in [0.3, 0.4) is 0 Å². The van der Waals surface area contributed by atoms with Crippen LogP contribution in [0.15, 0.2) is 66.7 Å². The number of hydrogen-bond donors (Lipinski definition) is 0. The molecule has 5 rings (SSSR count). The third-order valence-corrected chi connectivity index (χ3v) is 5.07. The highest BCUT2D eigenvalue weighted by Gasteiger charge is 2.15. The number of fused-ring (bicyclic) bond motifs is 8. The molecular formula is C21H14ClN. The van der Waals surface area contributed by atoms with Crippen LogP contribution >= 0.6 is 11.6 Å². The number of para-hydroxylation sites is 1. The van der Waals surface area contributed by atoms with Gasteiger partial charge in [0.05, 0.1) is 5.52 Å². The van der Waals surface area contributed by atoms with Crippen molar-refractivity contribution in [3.05, 3.63) is 71.8 Å². The number of aromatic nitrogens is 1. The first kappa shape index (κ1) is 13.0. The molecule has 0 saturated carbocycles. The first-order valence-electron chi connectivity index (χ1n) is 7.73. The van der Waals surface area contributed by atoms with Gasteiger partial charge in [0, 0.05) is 33.7 Å². The molecule has 0 unspecified atom stereocenters. The van der Waals surface area contributed by atoms with Crippen LogP contribution in [0.25, 0.3) is 43.4 Å². The van der Waals surface area contributed by atoms with Gasteiger partial charge >= 0.3 is 0 Å². The van der Waals surface area contributed by atoms with E-state index >= 15 is 0 Å². The molecule has 0 aliphatic heterocycles. The number of aryl methyl sites for hydroxylation is 1. The van der Waals surface area contributed by atoms with Crippen LogP contribution in [0.2, 0.25) is 5.02 Å². The van der Waals surface area contributed by atoms with Gasteiger partial charge in [-0.25, -0.2) is 0 Å². The normalized spacial score (nSPS) is 11.9. The number of hydrogen-bond acceptors (Lipinski definition) is 0. The highest BCUT2D eigenvalue weighted by atomic mass is 35.5. The van der Waals surface area contributed by atoms with Crippen LogP contribution in [0, 0.1) is 0 Å². The van der Waals surface area contributed by atoms with Crippen molar-refractivity contribution in [3.63, 3.8) is 0 Å². The van der Waals surface area contributed by atoms with Crippen molar-refractivity contribution in [2.75, 3.05) is 0 Å². The van der Waals surface area contributed by atoms with Crippen molar-refractivity contribution in [2.45, 2.75) is 0 Å². The lowest BCUT2D eigenvalue weighted by atomic mass is 9.97. The standard InChI is InChI=1S/C21H14ClN/c1-23-19-9-5-4-8-17(19)20-18-12-13(22)10-11-15(18)14-6-2-3-7-16(14)21(20)23/h2-12H,1H3. The maximum absolute atomic E-state index is 6.32. The van der Waals surface area contributed by atoms with E-state index in [0.717, 1.165) is 5.02 Å². The van der Waals surface area contributed by atoms with Crippen LogP contribution < -0.4 is 0 Å². The van der Waals surface area contributed by atoms with Gasteiger partial charge in [-0.1, -0.05) is 60.1 Å². The minimum absolute atomic E-state index is 0.780.